The number of nitrogens with zero attached hydrogens (tertiary/aromatic N) is 1. The predicted octanol–water partition coefficient (Wildman–Crippen LogP) is 5.72. The Balaban J connectivity index is 2.37. The van der Waals surface area contributed by atoms with E-state index in [1.165, 1.54) is 30.3 Å². The molecule has 0 saturated heterocycles. The Kier molecular flexibility index (Phi) is 5.51. The number of phenols is 1. The van der Waals surface area contributed by atoms with E-state index >= 15 is 0 Å². The van der Waals surface area contributed by atoms with Crippen LogP contribution in [-0.4, -0.2) is 10.8 Å². The lowest BCUT2D eigenvalue weighted by atomic mass is 10.1. The van der Waals surface area contributed by atoms with E-state index in [2.05, 4.69) is 10.5 Å². The Bertz CT molecular complexity index is 712. The van der Waals surface area contributed by atoms with Gasteiger partial charge < -0.3 is 5.11 Å². The first kappa shape index (κ1) is 16.9. The topological polar surface area (TPSA) is 44.6 Å². The third-order valence-electron chi connectivity index (χ3n) is 2.91. The van der Waals surface area contributed by atoms with E-state index in [-0.39, 0.29) is 5.75 Å². The van der Waals surface area contributed by atoms with E-state index in [1.807, 2.05) is 6.92 Å². The zero-order valence-corrected chi connectivity index (χ0v) is 13.8. The molecule has 0 unspecified atom stereocenters. The van der Waals surface area contributed by atoms with E-state index < -0.39 is 5.82 Å². The highest BCUT2D eigenvalue weighted by Gasteiger charge is 2.11. The molecule has 2 aromatic rings. The van der Waals surface area contributed by atoms with Crippen LogP contribution in [0.2, 0.25) is 15.1 Å². The van der Waals surface area contributed by atoms with Crippen LogP contribution in [0.25, 0.3) is 0 Å². The van der Waals surface area contributed by atoms with E-state index in [0.29, 0.717) is 38.5 Å². The van der Waals surface area contributed by atoms with Crippen molar-refractivity contribution in [3.63, 3.8) is 0 Å². The molecule has 0 heterocycles. The molecule has 0 bridgehead atoms. The van der Waals surface area contributed by atoms with Crippen molar-refractivity contribution in [1.82, 2.24) is 0 Å². The van der Waals surface area contributed by atoms with E-state index in [4.69, 9.17) is 34.8 Å². The average Bonchev–Trinajstić information content (AvgIpc) is 2.45. The van der Waals surface area contributed by atoms with Crippen molar-refractivity contribution >= 4 is 46.2 Å². The van der Waals surface area contributed by atoms with Crippen LogP contribution in [0.1, 0.15) is 18.9 Å². The minimum Gasteiger partial charge on any atom is -0.507 e. The lowest BCUT2D eigenvalue weighted by molar-refractivity contribution is 0.471. The second kappa shape index (κ2) is 7.18. The maximum absolute atomic E-state index is 13.3. The molecule has 116 valence electrons. The maximum Gasteiger partial charge on any atom is 0.124 e. The second-order valence-electron chi connectivity index (χ2n) is 4.43. The molecule has 3 nitrogen and oxygen atoms in total. The number of anilines is 1. The van der Waals surface area contributed by atoms with Crippen LogP contribution in [0.3, 0.4) is 0 Å². The van der Waals surface area contributed by atoms with Gasteiger partial charge in [0.25, 0.3) is 0 Å². The molecule has 0 aliphatic heterocycles. The van der Waals surface area contributed by atoms with Gasteiger partial charge in [-0.1, -0.05) is 41.7 Å². The molecule has 0 fully saturated rings. The van der Waals surface area contributed by atoms with Gasteiger partial charge in [0, 0.05) is 10.6 Å². The fraction of sp³-hybridized carbons (Fsp3) is 0.133. The average molecular weight is 362 g/mol. The molecule has 2 N–H and O–H groups in total. The first-order valence-corrected chi connectivity index (χ1v) is 7.51. The van der Waals surface area contributed by atoms with Crippen molar-refractivity contribution in [2.24, 2.45) is 5.10 Å². The number of phenolic OH excluding ortho intramolecular Hbond substituents is 1. The molecule has 0 radical (unpaired) electrons. The molecule has 0 spiro atoms. The number of hydrazone groups is 1. The Morgan fingerprint density at radius 2 is 1.82 bits per heavy atom. The molecule has 0 aliphatic carbocycles. The molecule has 7 heteroatoms. The number of hydrogen-bond donors (Lipinski definition) is 2. The summed E-state index contributed by atoms with van der Waals surface area (Å²) in [5.74, 6) is -0.520. The third kappa shape index (κ3) is 3.83. The van der Waals surface area contributed by atoms with Gasteiger partial charge in [-0.3, -0.25) is 5.43 Å². The van der Waals surface area contributed by atoms with Gasteiger partial charge in [0.15, 0.2) is 0 Å². The number of halogens is 4. The van der Waals surface area contributed by atoms with Crippen LogP contribution in [-0.2, 0) is 0 Å². The van der Waals surface area contributed by atoms with E-state index in [9.17, 15) is 9.50 Å². The summed E-state index contributed by atoms with van der Waals surface area (Å²) in [6.45, 7) is 1.83. The number of aromatic hydroxyl groups is 1. The Labute approximate surface area is 142 Å². The summed E-state index contributed by atoms with van der Waals surface area (Å²) in [7, 11) is 0. The van der Waals surface area contributed by atoms with Crippen LogP contribution in [0.5, 0.6) is 5.75 Å². The van der Waals surface area contributed by atoms with Gasteiger partial charge in [-0.05, 0) is 36.8 Å². The summed E-state index contributed by atoms with van der Waals surface area (Å²) in [5.41, 5.74) is 3.88. The molecule has 2 aromatic carbocycles. The minimum atomic E-state index is -0.462. The molecule has 0 atom stereocenters. The molecule has 0 amide bonds. The standard InChI is InChI=1S/C15H12Cl3FN2O/c1-2-13(10-7-9(19)3-4-14(10)22)20-21-15-11(17)5-8(16)6-12(15)18/h3-7,21-22H,2H2,1H3/b20-13+. The summed E-state index contributed by atoms with van der Waals surface area (Å²) in [6, 6.07) is 6.71. The lowest BCUT2D eigenvalue weighted by Gasteiger charge is -2.10. The fourth-order valence-corrected chi connectivity index (χ4v) is 2.74. The van der Waals surface area contributed by atoms with Crippen molar-refractivity contribution < 1.29 is 9.50 Å². The SMILES string of the molecule is CC/C(=N\Nc1c(Cl)cc(Cl)cc1Cl)c1cc(F)ccc1O. The van der Waals surface area contributed by atoms with Crippen LogP contribution in [0, 0.1) is 5.82 Å². The molecule has 2 rings (SSSR count). The number of rotatable bonds is 4. The molecule has 0 saturated carbocycles. The summed E-state index contributed by atoms with van der Waals surface area (Å²) in [6.07, 6.45) is 0.465. The Morgan fingerprint density at radius 1 is 1.18 bits per heavy atom. The highest BCUT2D eigenvalue weighted by Crippen LogP contribution is 2.33. The number of nitrogens with one attached hydrogen (secondary N) is 1. The molecule has 0 aromatic heterocycles. The second-order valence-corrected chi connectivity index (χ2v) is 5.68. The van der Waals surface area contributed by atoms with Crippen LogP contribution >= 0.6 is 34.8 Å². The zero-order valence-electron chi connectivity index (χ0n) is 11.5. The predicted molar refractivity (Wildman–Crippen MR) is 90.0 cm³/mol. The minimum absolute atomic E-state index is 0.0582. The van der Waals surface area contributed by atoms with E-state index in [1.54, 1.807) is 0 Å². The van der Waals surface area contributed by atoms with Gasteiger partial charge in [-0.15, -0.1) is 0 Å². The molecular weight excluding hydrogens is 350 g/mol. The van der Waals surface area contributed by atoms with Crippen molar-refractivity contribution in [3.05, 3.63) is 56.8 Å². The summed E-state index contributed by atoms with van der Waals surface area (Å²) < 4.78 is 13.3. The van der Waals surface area contributed by atoms with Gasteiger partial charge in [0.1, 0.15) is 11.6 Å². The molecular formula is C15H12Cl3FN2O. The summed E-state index contributed by atoms with van der Waals surface area (Å²) >= 11 is 17.9. The molecule has 22 heavy (non-hydrogen) atoms. The lowest BCUT2D eigenvalue weighted by Crippen LogP contribution is -2.04. The normalized spacial score (nSPS) is 11.6. The van der Waals surface area contributed by atoms with E-state index in [0.717, 1.165) is 0 Å². The third-order valence-corrected chi connectivity index (χ3v) is 3.73. The van der Waals surface area contributed by atoms with Gasteiger partial charge in [0.2, 0.25) is 0 Å². The van der Waals surface area contributed by atoms with Gasteiger partial charge in [-0.25, -0.2) is 4.39 Å². The summed E-state index contributed by atoms with van der Waals surface area (Å²) in [4.78, 5) is 0. The van der Waals surface area contributed by atoms with Crippen molar-refractivity contribution in [2.45, 2.75) is 13.3 Å². The van der Waals surface area contributed by atoms with Crippen LogP contribution < -0.4 is 5.43 Å². The largest absolute Gasteiger partial charge is 0.507 e. The monoisotopic (exact) mass is 360 g/mol. The quantitative estimate of drug-likeness (QED) is 0.540. The number of benzene rings is 2. The van der Waals surface area contributed by atoms with Gasteiger partial charge in [0.05, 0.1) is 21.4 Å². The maximum atomic E-state index is 13.3. The zero-order chi connectivity index (χ0) is 16.3. The van der Waals surface area contributed by atoms with Crippen molar-refractivity contribution in [3.8, 4) is 5.75 Å². The van der Waals surface area contributed by atoms with Crippen LogP contribution in [0.4, 0.5) is 10.1 Å². The highest BCUT2D eigenvalue weighted by molar-refractivity contribution is 6.41. The van der Waals surface area contributed by atoms with Crippen molar-refractivity contribution in [1.29, 1.82) is 0 Å². The fourth-order valence-electron chi connectivity index (χ4n) is 1.84. The number of hydrogen-bond acceptors (Lipinski definition) is 3. The van der Waals surface area contributed by atoms with Crippen molar-refractivity contribution in [2.75, 3.05) is 5.43 Å². The van der Waals surface area contributed by atoms with Gasteiger partial charge in [-0.2, -0.15) is 5.10 Å². The molecule has 0 aliphatic rings. The first-order chi connectivity index (χ1) is 10.4. The summed E-state index contributed by atoms with van der Waals surface area (Å²) in [5, 5.41) is 15.0. The smallest absolute Gasteiger partial charge is 0.124 e. The van der Waals surface area contributed by atoms with Gasteiger partial charge >= 0.3 is 0 Å². The van der Waals surface area contributed by atoms with Crippen LogP contribution in [0.15, 0.2) is 35.4 Å². The Hall–Kier alpha value is -1.49. The first-order valence-electron chi connectivity index (χ1n) is 6.38. The highest BCUT2D eigenvalue weighted by atomic mass is 35.5. The Morgan fingerprint density at radius 3 is 2.41 bits per heavy atom.